The molecule has 5 rings (SSSR count). The topological polar surface area (TPSA) is 65.4 Å². The van der Waals surface area contributed by atoms with E-state index in [9.17, 15) is 10.2 Å². The molecule has 2 atom stereocenters. The molecule has 1 saturated heterocycles. The van der Waals surface area contributed by atoms with Gasteiger partial charge in [0, 0.05) is 30.3 Å². The summed E-state index contributed by atoms with van der Waals surface area (Å²) in [6.07, 6.45) is 0.828. The van der Waals surface area contributed by atoms with Crippen molar-refractivity contribution >= 4 is 11.1 Å². The lowest BCUT2D eigenvalue weighted by atomic mass is 9.86. The van der Waals surface area contributed by atoms with Crippen molar-refractivity contribution in [1.29, 1.82) is 0 Å². The number of hydrogen-bond donors (Lipinski definition) is 2. The van der Waals surface area contributed by atoms with Gasteiger partial charge in [0.05, 0.1) is 0 Å². The smallest absolute Gasteiger partial charge is 0.150 e. The van der Waals surface area contributed by atoms with Gasteiger partial charge in [0.15, 0.2) is 0 Å². The summed E-state index contributed by atoms with van der Waals surface area (Å²) in [5.74, 6) is 1.95. The Morgan fingerprint density at radius 2 is 1.73 bits per heavy atom. The molecule has 0 aromatic heterocycles. The third-order valence-corrected chi connectivity index (χ3v) is 7.49. The first-order valence-corrected chi connectivity index (χ1v) is 13.0. The predicted molar refractivity (Wildman–Crippen MR) is 147 cm³/mol. The quantitative estimate of drug-likeness (QED) is 0.462. The average Bonchev–Trinajstić information content (AvgIpc) is 3.12. The largest absolute Gasteiger partial charge is 0.508 e. The first-order chi connectivity index (χ1) is 17.9. The Balaban J connectivity index is 1.36. The van der Waals surface area contributed by atoms with Gasteiger partial charge >= 0.3 is 0 Å². The molecule has 0 saturated carbocycles. The van der Waals surface area contributed by atoms with Gasteiger partial charge in [-0.05, 0) is 99.6 Å². The van der Waals surface area contributed by atoms with E-state index in [1.807, 2.05) is 43.3 Å². The molecule has 0 amide bonds. The Morgan fingerprint density at radius 3 is 2.51 bits per heavy atom. The van der Waals surface area contributed by atoms with E-state index in [1.54, 1.807) is 30.3 Å². The molecular weight excluding hydrogens is 464 g/mol. The van der Waals surface area contributed by atoms with Gasteiger partial charge in [0.2, 0.25) is 0 Å². The molecule has 0 spiro atoms. The molecule has 2 heterocycles. The Bertz CT molecular complexity index is 1270. The van der Waals surface area contributed by atoms with Gasteiger partial charge in [-0.2, -0.15) is 0 Å². The monoisotopic (exact) mass is 500 g/mol. The van der Waals surface area contributed by atoms with Crippen molar-refractivity contribution in [2.45, 2.75) is 32.4 Å². The Hall–Kier alpha value is -3.48. The second kappa shape index (κ2) is 10.9. The van der Waals surface area contributed by atoms with Gasteiger partial charge in [0.25, 0.3) is 0 Å². The molecule has 194 valence electrons. The van der Waals surface area contributed by atoms with Crippen LogP contribution in [0.3, 0.4) is 0 Å². The summed E-state index contributed by atoms with van der Waals surface area (Å²) in [6.45, 7) is 9.34. The molecule has 2 N–H and O–H groups in total. The highest BCUT2D eigenvalue weighted by molar-refractivity contribution is 5.95. The van der Waals surface area contributed by atoms with Crippen LogP contribution < -0.4 is 9.47 Å². The lowest BCUT2D eigenvalue weighted by molar-refractivity contribution is 0.150. The zero-order valence-electron chi connectivity index (χ0n) is 21.9. The van der Waals surface area contributed by atoms with Crippen molar-refractivity contribution in [1.82, 2.24) is 9.80 Å². The second-order valence-corrected chi connectivity index (χ2v) is 10.2. The number of ether oxygens (including phenoxy) is 2. The van der Waals surface area contributed by atoms with Crippen molar-refractivity contribution in [2.24, 2.45) is 0 Å². The van der Waals surface area contributed by atoms with Gasteiger partial charge in [-0.3, -0.25) is 4.90 Å². The third-order valence-electron chi connectivity index (χ3n) is 7.49. The van der Waals surface area contributed by atoms with Crippen molar-refractivity contribution in [3.8, 4) is 23.0 Å². The summed E-state index contributed by atoms with van der Waals surface area (Å²) in [7, 11) is 2.19. The summed E-state index contributed by atoms with van der Waals surface area (Å²) in [4.78, 5) is 4.90. The molecule has 6 heteroatoms. The highest BCUT2D eigenvalue weighted by Crippen LogP contribution is 2.47. The zero-order chi connectivity index (χ0) is 25.9. The number of hydrogen-bond acceptors (Lipinski definition) is 6. The first kappa shape index (κ1) is 25.2. The van der Waals surface area contributed by atoms with Crippen LogP contribution in [-0.4, -0.2) is 65.9 Å². The molecule has 6 nitrogen and oxygen atoms in total. The van der Waals surface area contributed by atoms with Crippen molar-refractivity contribution in [3.05, 3.63) is 83.4 Å². The van der Waals surface area contributed by atoms with E-state index in [2.05, 4.69) is 23.8 Å². The van der Waals surface area contributed by atoms with E-state index in [-0.39, 0.29) is 17.6 Å². The van der Waals surface area contributed by atoms with Crippen LogP contribution in [0.5, 0.6) is 23.0 Å². The molecule has 0 radical (unpaired) electrons. The fourth-order valence-corrected chi connectivity index (χ4v) is 5.29. The SMILES string of the molecule is CC1=C(c2cccc(O)c2)C(c2ccc(OC[C@H](C)N3CCCN(C)CC3)cc2)Oc2ccc(O)cc21. The van der Waals surface area contributed by atoms with Crippen LogP contribution in [0.25, 0.3) is 11.1 Å². The molecular formula is C31H36N2O4. The van der Waals surface area contributed by atoms with E-state index in [1.165, 1.54) is 6.42 Å². The summed E-state index contributed by atoms with van der Waals surface area (Å²) >= 11 is 0. The fourth-order valence-electron chi connectivity index (χ4n) is 5.29. The van der Waals surface area contributed by atoms with Crippen molar-refractivity contribution in [3.63, 3.8) is 0 Å². The minimum atomic E-state index is -0.360. The number of allylic oxidation sites excluding steroid dienone is 1. The van der Waals surface area contributed by atoms with E-state index in [0.717, 1.165) is 65.5 Å². The van der Waals surface area contributed by atoms with Crippen molar-refractivity contribution < 1.29 is 19.7 Å². The lowest BCUT2D eigenvalue weighted by Crippen LogP contribution is -2.39. The number of benzene rings is 3. The molecule has 1 fully saturated rings. The Morgan fingerprint density at radius 1 is 0.946 bits per heavy atom. The van der Waals surface area contributed by atoms with Crippen LogP contribution >= 0.6 is 0 Å². The molecule has 3 aromatic rings. The van der Waals surface area contributed by atoms with Crippen LogP contribution in [-0.2, 0) is 0 Å². The fraction of sp³-hybridized carbons (Fsp3) is 0.355. The minimum absolute atomic E-state index is 0.193. The van der Waals surface area contributed by atoms with Gasteiger partial charge < -0.3 is 24.6 Å². The summed E-state index contributed by atoms with van der Waals surface area (Å²) in [5, 5.41) is 20.2. The third kappa shape index (κ3) is 5.60. The number of phenols is 2. The van der Waals surface area contributed by atoms with Crippen LogP contribution in [0.1, 0.15) is 43.1 Å². The number of rotatable bonds is 6. The summed E-state index contributed by atoms with van der Waals surface area (Å²) < 4.78 is 12.7. The van der Waals surface area contributed by atoms with E-state index in [0.29, 0.717) is 12.6 Å². The second-order valence-electron chi connectivity index (χ2n) is 10.2. The van der Waals surface area contributed by atoms with Gasteiger partial charge in [0.1, 0.15) is 35.7 Å². The average molecular weight is 501 g/mol. The molecule has 1 unspecified atom stereocenters. The summed E-state index contributed by atoms with van der Waals surface area (Å²) in [6, 6.07) is 20.9. The van der Waals surface area contributed by atoms with Crippen LogP contribution in [0, 0.1) is 0 Å². The Kier molecular flexibility index (Phi) is 7.40. The van der Waals surface area contributed by atoms with E-state index < -0.39 is 0 Å². The molecule has 0 aliphatic carbocycles. The highest BCUT2D eigenvalue weighted by atomic mass is 16.5. The standard InChI is InChI=1S/C31H36N2O4/c1-21(33-15-5-14-32(3)16-17-33)20-36-27-11-8-23(9-12-27)31-30(24-6-4-7-25(34)18-24)22(2)28-19-26(35)10-13-29(28)37-31/h4,6-13,18-19,21,31,34-35H,5,14-17,20H2,1-3H3/t21-,31?/m0/s1. The first-order valence-electron chi connectivity index (χ1n) is 13.0. The zero-order valence-corrected chi connectivity index (χ0v) is 21.9. The number of phenolic OH excluding ortho intramolecular Hbond substituents is 2. The maximum Gasteiger partial charge on any atom is 0.150 e. The van der Waals surface area contributed by atoms with E-state index >= 15 is 0 Å². The number of nitrogens with zero attached hydrogens (tertiary/aromatic N) is 2. The molecule has 3 aromatic carbocycles. The highest BCUT2D eigenvalue weighted by Gasteiger charge is 2.30. The van der Waals surface area contributed by atoms with Gasteiger partial charge in [-0.1, -0.05) is 24.3 Å². The lowest BCUT2D eigenvalue weighted by Gasteiger charge is -2.31. The number of aromatic hydroxyl groups is 2. The normalized spacial score (nSPS) is 19.6. The van der Waals surface area contributed by atoms with E-state index in [4.69, 9.17) is 9.47 Å². The number of likely N-dealkylation sites (N-methyl/N-ethyl adjacent to an activating group) is 1. The molecule has 2 aliphatic rings. The maximum absolute atomic E-state index is 10.2. The Labute approximate surface area is 219 Å². The molecule has 37 heavy (non-hydrogen) atoms. The molecule has 0 bridgehead atoms. The predicted octanol–water partition coefficient (Wildman–Crippen LogP) is 5.57. The summed E-state index contributed by atoms with van der Waals surface area (Å²) in [5.41, 5.74) is 4.69. The van der Waals surface area contributed by atoms with Crippen LogP contribution in [0.4, 0.5) is 0 Å². The minimum Gasteiger partial charge on any atom is -0.508 e. The van der Waals surface area contributed by atoms with Gasteiger partial charge in [-0.25, -0.2) is 0 Å². The molecule has 2 aliphatic heterocycles. The number of fused-ring (bicyclic) bond motifs is 1. The van der Waals surface area contributed by atoms with Crippen molar-refractivity contribution in [2.75, 3.05) is 39.8 Å². The van der Waals surface area contributed by atoms with Crippen LogP contribution in [0.15, 0.2) is 66.7 Å². The maximum atomic E-state index is 10.2. The van der Waals surface area contributed by atoms with Gasteiger partial charge in [-0.15, -0.1) is 0 Å². The van der Waals surface area contributed by atoms with Crippen LogP contribution in [0.2, 0.25) is 0 Å².